The minimum atomic E-state index is -0.672. The molecule has 5 nitrogen and oxygen atoms in total. The number of nitrogens with zero attached hydrogens (tertiary/aromatic N) is 2. The Morgan fingerprint density at radius 2 is 2.06 bits per heavy atom. The number of pyridine rings is 1. The second kappa shape index (κ2) is 13.1. The number of hydrogen-bond donors (Lipinski definition) is 1. The van der Waals surface area contributed by atoms with Crippen LogP contribution in [-0.2, 0) is 11.2 Å². The van der Waals surface area contributed by atoms with E-state index in [0.29, 0.717) is 5.92 Å². The molecule has 192 valence electrons. The zero-order valence-electron chi connectivity index (χ0n) is 21.5. The molecule has 0 unspecified atom stereocenters. The predicted octanol–water partition coefficient (Wildman–Crippen LogP) is 6.47. The summed E-state index contributed by atoms with van der Waals surface area (Å²) in [6.07, 6.45) is 7.48. The fourth-order valence-corrected chi connectivity index (χ4v) is 6.41. The van der Waals surface area contributed by atoms with Gasteiger partial charge in [-0.3, -0.25) is 9.78 Å². The molecular formula is C30H38N2O3S. The molecule has 1 fully saturated rings. The third-order valence-electron chi connectivity index (χ3n) is 7.35. The van der Waals surface area contributed by atoms with Crippen LogP contribution in [0.25, 0.3) is 10.9 Å². The normalized spacial score (nSPS) is 18.4. The molecule has 1 aliphatic heterocycles. The average Bonchev–Trinajstić information content (AvgIpc) is 2.87. The number of aromatic nitrogens is 1. The monoisotopic (exact) mass is 506 g/mol. The lowest BCUT2D eigenvalue weighted by Gasteiger charge is -2.38. The Labute approximate surface area is 219 Å². The number of piperidine rings is 1. The number of rotatable bonds is 12. The van der Waals surface area contributed by atoms with Gasteiger partial charge >= 0.3 is 5.97 Å². The van der Waals surface area contributed by atoms with Crippen molar-refractivity contribution in [1.29, 1.82) is 0 Å². The molecule has 1 aliphatic rings. The fraction of sp³-hybridized carbons (Fsp3) is 0.467. The fourth-order valence-electron chi connectivity index (χ4n) is 5.46. The number of aryl methyl sites for hydroxylation is 2. The van der Waals surface area contributed by atoms with E-state index in [4.69, 9.17) is 4.74 Å². The summed E-state index contributed by atoms with van der Waals surface area (Å²) in [5.41, 5.74) is 3.58. The molecule has 0 radical (unpaired) electrons. The number of thioether (sulfide) groups is 1. The first-order valence-electron chi connectivity index (χ1n) is 13.1. The highest BCUT2D eigenvalue weighted by molar-refractivity contribution is 7.99. The highest BCUT2D eigenvalue weighted by Gasteiger charge is 2.30. The van der Waals surface area contributed by atoms with Gasteiger partial charge in [0.25, 0.3) is 0 Å². The van der Waals surface area contributed by atoms with Crippen molar-refractivity contribution in [3.05, 3.63) is 65.9 Å². The van der Waals surface area contributed by atoms with Crippen LogP contribution in [0.15, 0.2) is 59.6 Å². The third kappa shape index (κ3) is 7.47. The lowest BCUT2D eigenvalue weighted by molar-refractivity contribution is -0.139. The number of aliphatic carboxylic acids is 1. The van der Waals surface area contributed by atoms with E-state index < -0.39 is 5.97 Å². The molecule has 0 saturated carbocycles. The van der Waals surface area contributed by atoms with Gasteiger partial charge in [-0.15, -0.1) is 11.8 Å². The van der Waals surface area contributed by atoms with Crippen LogP contribution >= 0.6 is 11.8 Å². The van der Waals surface area contributed by atoms with E-state index >= 15 is 0 Å². The molecule has 0 bridgehead atoms. The van der Waals surface area contributed by atoms with Gasteiger partial charge in [0.2, 0.25) is 0 Å². The lowest BCUT2D eigenvalue weighted by Crippen LogP contribution is -2.41. The highest BCUT2D eigenvalue weighted by Crippen LogP contribution is 2.32. The standard InChI is InChI=1S/C30H38N2O3S/c1-22-6-3-9-27(18-22)36-17-5-15-32-16-13-23(25(21-32)19-30(33)34)7-4-8-24-12-14-31-29-11-10-26(35-2)20-28(24)29/h3,6,9-12,14,18,20,23,25H,4-5,7-8,13,15-17,19,21H2,1-2H3,(H,33,34)/t23-,25+/m1/s1. The van der Waals surface area contributed by atoms with Crippen molar-refractivity contribution in [3.63, 3.8) is 0 Å². The van der Waals surface area contributed by atoms with Crippen LogP contribution in [0.1, 0.15) is 43.2 Å². The SMILES string of the molecule is COc1ccc2nccc(CCC[C@@H]3CCN(CCCSc4cccc(C)c4)C[C@@H]3CC(=O)O)c2c1. The van der Waals surface area contributed by atoms with Gasteiger partial charge in [0.15, 0.2) is 0 Å². The molecule has 4 rings (SSSR count). The van der Waals surface area contributed by atoms with E-state index in [2.05, 4.69) is 53.2 Å². The van der Waals surface area contributed by atoms with Gasteiger partial charge < -0.3 is 14.7 Å². The van der Waals surface area contributed by atoms with Crippen molar-refractivity contribution >= 4 is 28.6 Å². The molecule has 0 amide bonds. The first-order valence-corrected chi connectivity index (χ1v) is 14.1. The summed E-state index contributed by atoms with van der Waals surface area (Å²) in [6.45, 7) is 5.16. The van der Waals surface area contributed by atoms with E-state index in [-0.39, 0.29) is 12.3 Å². The summed E-state index contributed by atoms with van der Waals surface area (Å²) >= 11 is 1.91. The number of hydrogen-bond acceptors (Lipinski definition) is 5. The summed E-state index contributed by atoms with van der Waals surface area (Å²) < 4.78 is 5.41. The zero-order chi connectivity index (χ0) is 25.3. The minimum Gasteiger partial charge on any atom is -0.497 e. The van der Waals surface area contributed by atoms with Crippen LogP contribution in [0.4, 0.5) is 0 Å². The third-order valence-corrected chi connectivity index (χ3v) is 8.43. The maximum Gasteiger partial charge on any atom is 0.303 e. The number of fused-ring (bicyclic) bond motifs is 1. The molecule has 36 heavy (non-hydrogen) atoms. The van der Waals surface area contributed by atoms with Gasteiger partial charge in [-0.2, -0.15) is 0 Å². The Morgan fingerprint density at radius 3 is 2.86 bits per heavy atom. The van der Waals surface area contributed by atoms with E-state index in [1.807, 2.05) is 30.1 Å². The Morgan fingerprint density at radius 1 is 1.17 bits per heavy atom. The molecule has 1 saturated heterocycles. The van der Waals surface area contributed by atoms with Crippen LogP contribution in [0.3, 0.4) is 0 Å². The second-order valence-corrected chi connectivity index (χ2v) is 11.1. The molecule has 6 heteroatoms. The van der Waals surface area contributed by atoms with E-state index in [1.54, 1.807) is 7.11 Å². The molecule has 1 N–H and O–H groups in total. The molecule has 1 aromatic heterocycles. The summed E-state index contributed by atoms with van der Waals surface area (Å²) in [4.78, 5) is 19.9. The Bertz CT molecular complexity index is 1150. The molecular weight excluding hydrogens is 468 g/mol. The Kier molecular flexibility index (Phi) is 9.65. The first kappa shape index (κ1) is 26.5. The van der Waals surface area contributed by atoms with Gasteiger partial charge in [0.1, 0.15) is 5.75 Å². The minimum absolute atomic E-state index is 0.231. The first-order chi connectivity index (χ1) is 17.5. The maximum absolute atomic E-state index is 11.6. The van der Waals surface area contributed by atoms with E-state index in [0.717, 1.165) is 74.1 Å². The van der Waals surface area contributed by atoms with E-state index in [1.165, 1.54) is 16.0 Å². The zero-order valence-corrected chi connectivity index (χ0v) is 22.3. The number of carboxylic acid groups (broad SMARTS) is 1. The molecule has 0 spiro atoms. The van der Waals surface area contributed by atoms with Crippen molar-refractivity contribution in [2.75, 3.05) is 32.5 Å². The largest absolute Gasteiger partial charge is 0.497 e. The number of ether oxygens (including phenoxy) is 1. The number of carboxylic acids is 1. The van der Waals surface area contributed by atoms with Gasteiger partial charge in [-0.25, -0.2) is 0 Å². The van der Waals surface area contributed by atoms with Crippen LogP contribution in [0.2, 0.25) is 0 Å². The van der Waals surface area contributed by atoms with Crippen LogP contribution < -0.4 is 4.74 Å². The molecule has 2 heterocycles. The van der Waals surface area contributed by atoms with E-state index in [9.17, 15) is 9.90 Å². The quantitative estimate of drug-likeness (QED) is 0.224. The predicted molar refractivity (Wildman–Crippen MR) is 148 cm³/mol. The number of likely N-dealkylation sites (tertiary alicyclic amines) is 1. The highest BCUT2D eigenvalue weighted by atomic mass is 32.2. The van der Waals surface area contributed by atoms with Crippen molar-refractivity contribution < 1.29 is 14.6 Å². The van der Waals surface area contributed by atoms with Crippen molar-refractivity contribution in [3.8, 4) is 5.75 Å². The summed E-state index contributed by atoms with van der Waals surface area (Å²) in [5, 5.41) is 10.7. The second-order valence-electron chi connectivity index (χ2n) is 9.97. The molecule has 2 atom stereocenters. The average molecular weight is 507 g/mol. The summed E-state index contributed by atoms with van der Waals surface area (Å²) in [5.74, 6) is 1.98. The smallest absolute Gasteiger partial charge is 0.303 e. The number of benzene rings is 2. The Balaban J connectivity index is 1.27. The number of methoxy groups -OCH3 is 1. The van der Waals surface area contributed by atoms with Gasteiger partial charge in [-0.1, -0.05) is 17.7 Å². The van der Waals surface area contributed by atoms with Crippen LogP contribution in [0, 0.1) is 18.8 Å². The van der Waals surface area contributed by atoms with Crippen LogP contribution in [0.5, 0.6) is 5.75 Å². The summed E-state index contributed by atoms with van der Waals surface area (Å²) in [7, 11) is 1.69. The van der Waals surface area contributed by atoms with Crippen LogP contribution in [-0.4, -0.2) is 53.5 Å². The van der Waals surface area contributed by atoms with Gasteiger partial charge in [-0.05, 0) is 112 Å². The summed E-state index contributed by atoms with van der Waals surface area (Å²) in [6, 6.07) is 16.8. The maximum atomic E-state index is 11.6. The van der Waals surface area contributed by atoms with Crippen molar-refractivity contribution in [2.24, 2.45) is 11.8 Å². The molecule has 3 aromatic rings. The van der Waals surface area contributed by atoms with Crippen molar-refractivity contribution in [2.45, 2.75) is 50.3 Å². The van der Waals surface area contributed by atoms with Gasteiger partial charge in [0.05, 0.1) is 12.6 Å². The molecule has 0 aliphatic carbocycles. The Hall–Kier alpha value is -2.57. The molecule has 2 aromatic carbocycles. The lowest BCUT2D eigenvalue weighted by atomic mass is 9.80. The topological polar surface area (TPSA) is 62.7 Å². The van der Waals surface area contributed by atoms with Gasteiger partial charge in [0, 0.05) is 29.4 Å². The number of carbonyl (C=O) groups is 1. The van der Waals surface area contributed by atoms with Crippen molar-refractivity contribution in [1.82, 2.24) is 9.88 Å².